The highest BCUT2D eigenvalue weighted by atomic mass is 33.1. The fourth-order valence-electron chi connectivity index (χ4n) is 13.1. The number of fused-ring (bicyclic) bond motifs is 2. The van der Waals surface area contributed by atoms with Crippen LogP contribution in [0.5, 0.6) is 0 Å². The van der Waals surface area contributed by atoms with Gasteiger partial charge in [-0.25, -0.2) is 4.98 Å². The van der Waals surface area contributed by atoms with Crippen molar-refractivity contribution < 1.29 is 111 Å². The zero-order valence-corrected chi connectivity index (χ0v) is 72.8. The molecule has 41 nitrogen and oxygen atoms in total. The number of hydrogen-bond donors (Lipinski definition) is 19. The third kappa shape index (κ3) is 34.2. The monoisotopic (exact) mass is 1780 g/mol. The lowest BCUT2D eigenvalue weighted by molar-refractivity contribution is -0.141. The molecule has 1 aliphatic rings. The summed E-state index contributed by atoms with van der Waals surface area (Å²) in [5.74, 6) is -18.8. The lowest BCUT2D eigenvalue weighted by atomic mass is 9.98. The van der Waals surface area contributed by atoms with Crippen LogP contribution in [-0.2, 0) is 122 Å². The third-order valence-electron chi connectivity index (χ3n) is 19.3. The zero-order valence-electron chi connectivity index (χ0n) is 71.2. The number of aliphatic hydroxyl groups is 1. The van der Waals surface area contributed by atoms with Crippen molar-refractivity contribution in [2.75, 3.05) is 57.7 Å². The topological polar surface area (TPSA) is 596 Å². The minimum Gasteiger partial charge on any atom is -0.481 e. The van der Waals surface area contributed by atoms with Crippen molar-refractivity contribution in [3.8, 4) is 12.3 Å². The molecule has 6 rings (SSSR count). The summed E-state index contributed by atoms with van der Waals surface area (Å²) in [6, 6.07) is -6.22. The molecular formula is C82H114N18O23S2. The van der Waals surface area contributed by atoms with Gasteiger partial charge in [-0.2, -0.15) is 0 Å². The Bertz CT molecular complexity index is 4610. The molecule has 3 aromatic heterocycles. The molecule has 19 N–H and O–H groups in total. The van der Waals surface area contributed by atoms with Crippen molar-refractivity contribution >= 4 is 144 Å². The molecule has 13 atom stereocenters. The second-order valence-corrected chi connectivity index (χ2v) is 33.6. The van der Waals surface area contributed by atoms with E-state index < -0.39 is 222 Å². The number of carboxylic acid groups (broad SMARTS) is 2. The molecule has 15 amide bonds. The van der Waals surface area contributed by atoms with Gasteiger partial charge in [0.05, 0.1) is 58.4 Å². The molecular weight excluding hydrogens is 1670 g/mol. The van der Waals surface area contributed by atoms with Crippen LogP contribution in [0.25, 0.3) is 21.8 Å². The molecule has 0 spiro atoms. The summed E-state index contributed by atoms with van der Waals surface area (Å²) < 4.78 is 18.6. The summed E-state index contributed by atoms with van der Waals surface area (Å²) in [7, 11) is 1.47. The molecule has 0 radical (unpaired) electrons. The summed E-state index contributed by atoms with van der Waals surface area (Å²) in [6.45, 7) is 14.9. The molecule has 5 aromatic rings. The van der Waals surface area contributed by atoms with Crippen molar-refractivity contribution in [2.45, 2.75) is 206 Å². The molecule has 0 aliphatic carbocycles. The molecule has 4 heterocycles. The maximum absolute atomic E-state index is 15.4. The van der Waals surface area contributed by atoms with Gasteiger partial charge in [-0.05, 0) is 74.1 Å². The van der Waals surface area contributed by atoms with Crippen molar-refractivity contribution in [1.82, 2.24) is 94.0 Å². The van der Waals surface area contributed by atoms with E-state index in [2.05, 4.69) is 90.0 Å². The SMILES string of the molecule is C#CCOCCOCCOCCn1cc(C[C@@H]2NC(=O)[C@H](C)NC(=O)[C@@H](NC(=O)C(CC(=O)O)NC(C)=O)CSSC[C@@H](C(=O)N[C@H](C(=O)NC(C)=O)[C@@H](C)O)NC(=O)[C@H](Cc3c[nH]c4ccccc34)NC(=O)[C@H](C(C)C)NC(=O)[C@H](CC(C)C)NC(=O)[C@H](CCC(=O)O)NC(=O)CNC(=O)[C@H](CC(C)C)NC(=O)[C@H](Cc3cnc[nH]3)NC2=O)c2ccccc21. The number of benzene rings is 2. The lowest BCUT2D eigenvalue weighted by Crippen LogP contribution is -2.62. The fourth-order valence-corrected chi connectivity index (χ4v) is 15.4. The predicted octanol–water partition coefficient (Wildman–Crippen LogP) is -1.94. The first-order chi connectivity index (χ1) is 59.3. The summed E-state index contributed by atoms with van der Waals surface area (Å²) in [5.41, 5.74) is 2.45. The van der Waals surface area contributed by atoms with Gasteiger partial charge in [0.25, 0.3) is 5.91 Å². The van der Waals surface area contributed by atoms with E-state index in [-0.39, 0.29) is 95.8 Å². The number of aliphatic hydroxyl groups excluding tert-OH is 1. The number of imide groups is 1. The van der Waals surface area contributed by atoms with Gasteiger partial charge in [0.1, 0.15) is 79.1 Å². The maximum Gasteiger partial charge on any atom is 0.305 e. The number of para-hydroxylation sites is 2. The summed E-state index contributed by atoms with van der Waals surface area (Å²) in [4.78, 5) is 250. The third-order valence-corrected chi connectivity index (χ3v) is 21.8. The predicted molar refractivity (Wildman–Crippen MR) is 457 cm³/mol. The first-order valence-electron chi connectivity index (χ1n) is 40.6. The van der Waals surface area contributed by atoms with Crippen LogP contribution < -0.4 is 74.4 Å². The molecule has 1 saturated heterocycles. The summed E-state index contributed by atoms with van der Waals surface area (Å²) in [6.07, 6.45) is 6.00. The average molecular weight is 1780 g/mol. The maximum atomic E-state index is 15.4. The van der Waals surface area contributed by atoms with Crippen LogP contribution in [0.1, 0.15) is 118 Å². The highest BCUT2D eigenvalue weighted by Gasteiger charge is 2.39. The van der Waals surface area contributed by atoms with Crippen LogP contribution in [0.3, 0.4) is 0 Å². The van der Waals surface area contributed by atoms with Gasteiger partial charge in [0, 0.05) is 104 Å². The molecule has 682 valence electrons. The number of nitrogens with zero attached hydrogens (tertiary/aromatic N) is 2. The highest BCUT2D eigenvalue weighted by Crippen LogP contribution is 2.27. The molecule has 1 unspecified atom stereocenters. The molecule has 0 saturated carbocycles. The number of amides is 15. The number of imidazole rings is 1. The van der Waals surface area contributed by atoms with Crippen molar-refractivity contribution in [2.24, 2.45) is 17.8 Å². The average Bonchev–Trinajstić information content (AvgIpc) is 1.65. The number of aliphatic carboxylic acids is 2. The van der Waals surface area contributed by atoms with Crippen LogP contribution in [0.4, 0.5) is 0 Å². The minimum atomic E-state index is -1.87. The lowest BCUT2D eigenvalue weighted by Gasteiger charge is -2.29. The largest absolute Gasteiger partial charge is 0.481 e. The number of rotatable bonds is 33. The van der Waals surface area contributed by atoms with Gasteiger partial charge in [-0.15, -0.1) is 6.42 Å². The van der Waals surface area contributed by atoms with Crippen LogP contribution in [0.15, 0.2) is 73.4 Å². The van der Waals surface area contributed by atoms with Gasteiger partial charge in [-0.1, -0.05) is 105 Å². The quantitative estimate of drug-likeness (QED) is 0.0123. The molecule has 125 heavy (non-hydrogen) atoms. The van der Waals surface area contributed by atoms with Gasteiger partial charge in [0.2, 0.25) is 82.7 Å². The van der Waals surface area contributed by atoms with Gasteiger partial charge >= 0.3 is 11.9 Å². The number of carboxylic acids is 2. The Balaban J connectivity index is 1.49. The molecule has 2 aromatic carbocycles. The van der Waals surface area contributed by atoms with Gasteiger partial charge in [-0.3, -0.25) is 86.8 Å². The molecule has 1 fully saturated rings. The number of carbonyl (C=O) groups is 17. The summed E-state index contributed by atoms with van der Waals surface area (Å²) >= 11 is 0. The number of carbonyl (C=O) groups excluding carboxylic acids is 15. The van der Waals surface area contributed by atoms with Crippen LogP contribution in [0, 0.1) is 30.1 Å². The Kier molecular flexibility index (Phi) is 41.8. The van der Waals surface area contributed by atoms with E-state index in [0.29, 0.717) is 32.9 Å². The van der Waals surface area contributed by atoms with E-state index in [9.17, 15) is 82.4 Å². The Labute approximate surface area is 729 Å². The second kappa shape index (κ2) is 51.3. The number of hydrogen-bond acceptors (Lipinski definition) is 24. The number of ether oxygens (including phenoxy) is 3. The van der Waals surface area contributed by atoms with Crippen molar-refractivity contribution in [1.29, 1.82) is 0 Å². The van der Waals surface area contributed by atoms with E-state index in [0.717, 1.165) is 42.4 Å². The Morgan fingerprint density at radius 2 is 1.16 bits per heavy atom. The van der Waals surface area contributed by atoms with E-state index in [1.807, 2.05) is 9.88 Å². The molecule has 1 aliphatic heterocycles. The number of H-pyrrole nitrogens is 2. The highest BCUT2D eigenvalue weighted by molar-refractivity contribution is 8.76. The first-order valence-corrected chi connectivity index (χ1v) is 43.1. The molecule has 43 heteroatoms. The van der Waals surface area contributed by atoms with Crippen molar-refractivity contribution in [3.63, 3.8) is 0 Å². The van der Waals surface area contributed by atoms with E-state index >= 15 is 14.4 Å². The standard InChI is InChI=1S/C82H114N18O23S2/c1-12-24-121-26-28-123-29-27-122-25-23-100-39-51(54-18-14-16-20-65(54)100)33-60-74(112)94-61(34-52-37-83-42-86-52)76(114)92-57(30-43(2)3)72(110)85-38-66(104)90-56(21-22-67(105)106)73(111)93-58(31-44(4)5)78(116)98-69(45(6)7)81(119)95-59(32-50-36-84-55-19-15-13-17-53(50)55)75(113)97-64(80(118)99-70(47(9)101)82(120)89-49(11)103)41-125-124-40-63(79(117)87-46(8)71(109)91-60)96-77(115)62(35-68(107)108)88-48(10)102/h1,13-20,36-37,39,42-47,56-64,69-70,84,101H,21-35,38,40-41H2,2-11H3,(H,83,86)(H,85,110)(H,87,117)(H,88,102)(H,90,104)(H,91,109)(H,92,114)(H,93,111)(H,94,112)(H,95,119)(H,96,115)(H,97,113)(H,98,116)(H,99,118)(H,105,106)(H,107,108)(H,89,103,120)/t46-,47+,56-,57-,58-,59-,60-,61-,62?,63-,64-,69-,70-/m0/s1. The Morgan fingerprint density at radius 1 is 0.592 bits per heavy atom. The Hall–Kier alpha value is -12.0. The van der Waals surface area contributed by atoms with Gasteiger partial charge in [0.15, 0.2) is 0 Å². The van der Waals surface area contributed by atoms with Crippen LogP contribution >= 0.6 is 21.6 Å². The number of nitrogens with one attached hydrogen (secondary N) is 16. The second-order valence-electron chi connectivity index (χ2n) is 31.0. The van der Waals surface area contributed by atoms with Crippen molar-refractivity contribution in [3.05, 3.63) is 90.3 Å². The first kappa shape index (κ1) is 102. The number of terminal acetylenes is 1. The van der Waals surface area contributed by atoms with E-state index in [4.69, 9.17) is 20.6 Å². The van der Waals surface area contributed by atoms with Crippen LogP contribution in [0.2, 0.25) is 0 Å². The molecule has 0 bridgehead atoms. The summed E-state index contributed by atoms with van der Waals surface area (Å²) in [5, 5.41) is 66.8. The Morgan fingerprint density at radius 3 is 1.77 bits per heavy atom. The van der Waals surface area contributed by atoms with Crippen LogP contribution in [-0.4, -0.2) is 272 Å². The number of aromatic nitrogens is 4. The van der Waals surface area contributed by atoms with E-state index in [1.54, 1.807) is 102 Å². The minimum absolute atomic E-state index is 0.0834. The number of aromatic amines is 2. The van der Waals surface area contributed by atoms with Gasteiger partial charge < -0.3 is 113 Å². The zero-order chi connectivity index (χ0) is 92.1. The smallest absolute Gasteiger partial charge is 0.305 e. The van der Waals surface area contributed by atoms with E-state index in [1.165, 1.54) is 19.4 Å². The normalized spacial score (nSPS) is 21.4. The fraction of sp³-hybridized carbons (Fsp3) is 0.537.